The van der Waals surface area contributed by atoms with E-state index >= 15 is 0 Å². The molecule has 0 radical (unpaired) electrons. The van der Waals surface area contributed by atoms with Gasteiger partial charge < -0.3 is 15.7 Å². The van der Waals surface area contributed by atoms with Gasteiger partial charge in [0.15, 0.2) is 0 Å². The van der Waals surface area contributed by atoms with Crippen LogP contribution in [0.2, 0.25) is 10.0 Å². The van der Waals surface area contributed by atoms with Gasteiger partial charge in [-0.2, -0.15) is 0 Å². The second-order valence-corrected chi connectivity index (χ2v) is 9.66. The van der Waals surface area contributed by atoms with Gasteiger partial charge in [-0.3, -0.25) is 4.98 Å². The molecule has 0 saturated heterocycles. The monoisotopic (exact) mass is 537 g/mol. The number of nitrogens with one attached hydrogen (secondary N) is 2. The summed E-state index contributed by atoms with van der Waals surface area (Å²) >= 11 is 12.2. The third kappa shape index (κ3) is 6.68. The summed E-state index contributed by atoms with van der Waals surface area (Å²) in [6.07, 6.45) is 1.75. The molecule has 0 saturated carbocycles. The van der Waals surface area contributed by atoms with Crippen LogP contribution in [0.25, 0.3) is 22.0 Å². The maximum absolute atomic E-state index is 11.1. The van der Waals surface area contributed by atoms with Gasteiger partial charge in [-0.25, -0.2) is 0 Å². The van der Waals surface area contributed by atoms with Crippen LogP contribution in [-0.4, -0.2) is 15.6 Å². The number of aromatic nitrogens is 1. The van der Waals surface area contributed by atoms with Crippen LogP contribution in [0.4, 0.5) is 11.4 Å². The van der Waals surface area contributed by atoms with Gasteiger partial charge in [-0.15, -0.1) is 24.8 Å². The molecule has 0 aliphatic heterocycles. The van der Waals surface area contributed by atoms with E-state index in [1.165, 1.54) is 0 Å². The Morgan fingerprint density at radius 2 is 1.56 bits per heavy atom. The van der Waals surface area contributed by atoms with E-state index in [2.05, 4.69) is 36.4 Å². The lowest BCUT2D eigenvalue weighted by atomic mass is 9.99. The number of anilines is 2. The van der Waals surface area contributed by atoms with Crippen LogP contribution < -0.4 is 10.6 Å². The lowest BCUT2D eigenvalue weighted by molar-refractivity contribution is 0.412. The van der Waals surface area contributed by atoms with Gasteiger partial charge in [0.2, 0.25) is 0 Å². The normalized spacial score (nSPS) is 11.0. The fraction of sp³-hybridized carbons (Fsp3) is 0.192. The van der Waals surface area contributed by atoms with Crippen LogP contribution in [-0.2, 0) is 6.54 Å². The van der Waals surface area contributed by atoms with E-state index in [1.54, 1.807) is 6.20 Å². The highest BCUT2D eigenvalue weighted by atomic mass is 35.5. The van der Waals surface area contributed by atoms with Crippen molar-refractivity contribution in [3.8, 4) is 16.9 Å². The SMILES string of the molecule is CC(C)(C)NCc1cc(Nc2ccnc3cc(Cl)ccc23)cc(-c2ccc(Cl)cc2)c1O.Cl.Cl. The van der Waals surface area contributed by atoms with E-state index in [-0.39, 0.29) is 36.1 Å². The van der Waals surface area contributed by atoms with Gasteiger partial charge in [0, 0.05) is 56.2 Å². The number of pyridine rings is 1. The van der Waals surface area contributed by atoms with Crippen molar-refractivity contribution in [2.24, 2.45) is 0 Å². The first-order valence-corrected chi connectivity index (χ1v) is 11.1. The van der Waals surface area contributed by atoms with Crippen LogP contribution in [0, 0.1) is 0 Å². The van der Waals surface area contributed by atoms with Gasteiger partial charge in [0.25, 0.3) is 0 Å². The highest BCUT2D eigenvalue weighted by molar-refractivity contribution is 6.31. The molecule has 0 aliphatic rings. The number of nitrogens with zero attached hydrogens (tertiary/aromatic N) is 1. The Morgan fingerprint density at radius 1 is 0.882 bits per heavy atom. The number of hydrogen-bond acceptors (Lipinski definition) is 4. The van der Waals surface area contributed by atoms with Crippen LogP contribution in [0.1, 0.15) is 26.3 Å². The number of rotatable bonds is 5. The molecule has 3 N–H and O–H groups in total. The molecular formula is C26H27Cl4N3O. The summed E-state index contributed by atoms with van der Waals surface area (Å²) in [4.78, 5) is 4.42. The molecule has 0 unspecified atom stereocenters. The van der Waals surface area contributed by atoms with Gasteiger partial charge >= 0.3 is 0 Å². The Balaban J connectivity index is 0.00000204. The zero-order chi connectivity index (χ0) is 22.9. The van der Waals surface area contributed by atoms with Crippen molar-refractivity contribution in [1.29, 1.82) is 0 Å². The van der Waals surface area contributed by atoms with Crippen molar-refractivity contribution in [3.63, 3.8) is 0 Å². The molecule has 0 amide bonds. The van der Waals surface area contributed by atoms with Crippen molar-refractivity contribution in [3.05, 3.63) is 82.5 Å². The van der Waals surface area contributed by atoms with E-state index in [9.17, 15) is 5.11 Å². The first kappa shape index (κ1) is 28.0. The largest absolute Gasteiger partial charge is 0.507 e. The average molecular weight is 539 g/mol. The predicted molar refractivity (Wildman–Crippen MR) is 150 cm³/mol. The zero-order valence-electron chi connectivity index (χ0n) is 19.0. The Kier molecular flexibility index (Phi) is 9.46. The summed E-state index contributed by atoms with van der Waals surface area (Å²) in [5.74, 6) is 0.251. The summed E-state index contributed by atoms with van der Waals surface area (Å²) in [6.45, 7) is 6.82. The number of hydrogen-bond donors (Lipinski definition) is 3. The Morgan fingerprint density at radius 3 is 2.24 bits per heavy atom. The van der Waals surface area contributed by atoms with Crippen LogP contribution >= 0.6 is 48.0 Å². The Hall–Kier alpha value is -2.21. The molecule has 1 aromatic heterocycles. The summed E-state index contributed by atoms with van der Waals surface area (Å²) in [5.41, 5.74) is 4.93. The second-order valence-electron chi connectivity index (χ2n) is 8.79. The number of halogens is 4. The minimum Gasteiger partial charge on any atom is -0.507 e. The van der Waals surface area contributed by atoms with Crippen molar-refractivity contribution < 1.29 is 5.11 Å². The molecule has 0 bridgehead atoms. The van der Waals surface area contributed by atoms with E-state index in [4.69, 9.17) is 23.2 Å². The minimum absolute atomic E-state index is 0. The zero-order valence-corrected chi connectivity index (χ0v) is 22.2. The number of aromatic hydroxyl groups is 1. The third-order valence-corrected chi connectivity index (χ3v) is 5.62. The number of fused-ring (bicyclic) bond motifs is 1. The molecule has 4 rings (SSSR count). The van der Waals surface area contributed by atoms with Crippen molar-refractivity contribution in [1.82, 2.24) is 10.3 Å². The number of phenolic OH excluding ortho intramolecular Hbond substituents is 1. The Labute approximate surface area is 222 Å². The van der Waals surface area contributed by atoms with Crippen LogP contribution in [0.15, 0.2) is 66.9 Å². The lowest BCUT2D eigenvalue weighted by Gasteiger charge is -2.22. The summed E-state index contributed by atoms with van der Waals surface area (Å²) < 4.78 is 0. The standard InChI is InChI=1S/C26H25Cl2N3O.2ClH/c1-26(2,3)30-15-17-12-20(14-22(25(17)32)16-4-6-18(27)7-5-16)31-23-10-11-29-24-13-19(28)8-9-21(23)24;;/h4-14,30,32H,15H2,1-3H3,(H,29,31);2*1H. The van der Waals surface area contributed by atoms with Gasteiger partial charge in [-0.1, -0.05) is 35.3 Å². The quantitative estimate of drug-likeness (QED) is 0.223. The van der Waals surface area contributed by atoms with E-state index in [1.807, 2.05) is 60.7 Å². The van der Waals surface area contributed by atoms with Crippen molar-refractivity contribution in [2.75, 3.05) is 5.32 Å². The molecule has 0 spiro atoms. The summed E-state index contributed by atoms with van der Waals surface area (Å²) in [6, 6.07) is 19.0. The first-order chi connectivity index (χ1) is 15.2. The first-order valence-electron chi connectivity index (χ1n) is 10.4. The van der Waals surface area contributed by atoms with E-state index < -0.39 is 0 Å². The molecule has 4 nitrogen and oxygen atoms in total. The molecule has 0 atom stereocenters. The molecule has 3 aromatic carbocycles. The molecule has 4 aromatic rings. The van der Waals surface area contributed by atoms with E-state index in [0.717, 1.165) is 39.0 Å². The van der Waals surface area contributed by atoms with Crippen LogP contribution in [0.3, 0.4) is 0 Å². The molecule has 1 heterocycles. The second kappa shape index (κ2) is 11.5. The Bertz CT molecular complexity index is 1270. The number of phenols is 1. The number of benzene rings is 3. The molecular weight excluding hydrogens is 512 g/mol. The summed E-state index contributed by atoms with van der Waals surface area (Å²) in [7, 11) is 0. The minimum atomic E-state index is -0.0864. The van der Waals surface area contributed by atoms with E-state index in [0.29, 0.717) is 16.6 Å². The molecule has 8 heteroatoms. The summed E-state index contributed by atoms with van der Waals surface area (Å²) in [5, 5.41) is 20.3. The topological polar surface area (TPSA) is 57.2 Å². The highest BCUT2D eigenvalue weighted by Crippen LogP contribution is 2.38. The fourth-order valence-electron chi connectivity index (χ4n) is 3.50. The lowest BCUT2D eigenvalue weighted by Crippen LogP contribution is -2.35. The van der Waals surface area contributed by atoms with Gasteiger partial charge in [-0.05, 0) is 74.9 Å². The maximum Gasteiger partial charge on any atom is 0.128 e. The molecule has 0 aliphatic carbocycles. The average Bonchev–Trinajstić information content (AvgIpc) is 2.74. The fourth-order valence-corrected chi connectivity index (χ4v) is 3.79. The molecule has 0 fully saturated rings. The van der Waals surface area contributed by atoms with Gasteiger partial charge in [0.1, 0.15) is 5.75 Å². The third-order valence-electron chi connectivity index (χ3n) is 5.14. The van der Waals surface area contributed by atoms with Gasteiger partial charge in [0.05, 0.1) is 5.52 Å². The molecule has 180 valence electrons. The van der Waals surface area contributed by atoms with Crippen LogP contribution in [0.5, 0.6) is 5.75 Å². The predicted octanol–water partition coefficient (Wildman–Crippen LogP) is 8.39. The molecule has 34 heavy (non-hydrogen) atoms. The maximum atomic E-state index is 11.1. The van der Waals surface area contributed by atoms with Crippen molar-refractivity contribution >= 4 is 70.3 Å². The smallest absolute Gasteiger partial charge is 0.128 e. The van der Waals surface area contributed by atoms with Crippen molar-refractivity contribution in [2.45, 2.75) is 32.9 Å². The highest BCUT2D eigenvalue weighted by Gasteiger charge is 2.16.